The highest BCUT2D eigenvalue weighted by Gasteiger charge is 2.37. The summed E-state index contributed by atoms with van der Waals surface area (Å²) in [5, 5.41) is 2.72. The van der Waals surface area contributed by atoms with Crippen LogP contribution >= 0.6 is 0 Å². The number of methoxy groups -OCH3 is 1. The number of halogens is 3. The monoisotopic (exact) mass is 528 g/mol. The third-order valence-corrected chi connectivity index (χ3v) is 6.39. The van der Waals surface area contributed by atoms with Crippen LogP contribution in [0.2, 0.25) is 0 Å². The van der Waals surface area contributed by atoms with Crippen LogP contribution in [-0.4, -0.2) is 50.2 Å². The van der Waals surface area contributed by atoms with Crippen molar-refractivity contribution in [3.8, 4) is 11.6 Å². The van der Waals surface area contributed by atoms with Gasteiger partial charge in [-0.15, -0.1) is 0 Å². The molecule has 0 saturated carbocycles. The van der Waals surface area contributed by atoms with Gasteiger partial charge in [-0.1, -0.05) is 29.8 Å². The molecule has 1 atom stereocenters. The van der Waals surface area contributed by atoms with Crippen molar-refractivity contribution >= 4 is 17.4 Å². The summed E-state index contributed by atoms with van der Waals surface area (Å²) in [6.07, 6.45) is -2.15. The smallest absolute Gasteiger partial charge is 0.420 e. The van der Waals surface area contributed by atoms with Gasteiger partial charge in [-0.2, -0.15) is 13.2 Å². The third-order valence-electron chi connectivity index (χ3n) is 6.39. The van der Waals surface area contributed by atoms with Gasteiger partial charge in [0.2, 0.25) is 5.88 Å². The van der Waals surface area contributed by atoms with E-state index >= 15 is 0 Å². The van der Waals surface area contributed by atoms with Gasteiger partial charge in [-0.3, -0.25) is 4.90 Å². The maximum Gasteiger partial charge on any atom is 0.420 e. The van der Waals surface area contributed by atoms with Gasteiger partial charge in [0.25, 0.3) is 0 Å². The highest BCUT2D eigenvalue weighted by Crippen LogP contribution is 2.42. The maximum absolute atomic E-state index is 13.5. The van der Waals surface area contributed by atoms with Crippen molar-refractivity contribution in [1.82, 2.24) is 9.88 Å². The molecule has 10 heteroatoms. The predicted octanol–water partition coefficient (Wildman–Crippen LogP) is 6.08. The SMILES string of the molecule is COc1cc2c(cc1C(F)(F)F)N(C(=O)Nc1ccc(OC(CCN(C)C)c3ccc(C)cc3)nc1)CC2. The van der Waals surface area contributed by atoms with E-state index in [1.807, 2.05) is 45.3 Å². The molecule has 1 aliphatic heterocycles. The standard InChI is InChI=1S/C28H31F3N4O3/c1-18-5-7-19(8-6-18)24(12-13-34(2)3)38-26-10-9-21(17-32-26)33-27(36)35-14-11-20-15-25(37-4)22(16-23(20)35)28(29,30)31/h5-10,15-17,24H,11-14H2,1-4H3,(H,33,36). The van der Waals surface area contributed by atoms with Crippen LogP contribution in [0.15, 0.2) is 54.7 Å². The van der Waals surface area contributed by atoms with Gasteiger partial charge >= 0.3 is 12.2 Å². The van der Waals surface area contributed by atoms with E-state index in [1.165, 1.54) is 24.3 Å². The molecule has 4 rings (SSSR count). The second-order valence-corrected chi connectivity index (χ2v) is 9.50. The maximum atomic E-state index is 13.5. The summed E-state index contributed by atoms with van der Waals surface area (Å²) in [6, 6.07) is 13.3. The number of alkyl halides is 3. The number of aryl methyl sites for hydroxylation is 1. The summed E-state index contributed by atoms with van der Waals surface area (Å²) < 4.78 is 51.6. The number of anilines is 2. The summed E-state index contributed by atoms with van der Waals surface area (Å²) >= 11 is 0. The lowest BCUT2D eigenvalue weighted by molar-refractivity contribution is -0.138. The molecular formula is C28H31F3N4O3. The highest BCUT2D eigenvalue weighted by molar-refractivity contribution is 6.03. The Kier molecular flexibility index (Phi) is 8.11. The first-order chi connectivity index (χ1) is 18.0. The summed E-state index contributed by atoms with van der Waals surface area (Å²) in [4.78, 5) is 20.7. The van der Waals surface area contributed by atoms with E-state index in [1.54, 1.807) is 12.1 Å². The molecule has 2 amide bonds. The normalized spacial score (nSPS) is 13.8. The first-order valence-electron chi connectivity index (χ1n) is 12.3. The summed E-state index contributed by atoms with van der Waals surface area (Å²) in [6.45, 7) is 3.11. The number of urea groups is 1. The minimum Gasteiger partial charge on any atom is -0.496 e. The molecule has 1 N–H and O–H groups in total. The molecule has 1 aliphatic rings. The van der Waals surface area contributed by atoms with Crippen molar-refractivity contribution in [2.75, 3.05) is 44.5 Å². The van der Waals surface area contributed by atoms with E-state index in [0.717, 1.165) is 30.2 Å². The average molecular weight is 529 g/mol. The van der Waals surface area contributed by atoms with Crippen LogP contribution in [0, 0.1) is 6.92 Å². The second-order valence-electron chi connectivity index (χ2n) is 9.50. The zero-order chi connectivity index (χ0) is 27.4. The van der Waals surface area contributed by atoms with Crippen LogP contribution in [0.1, 0.15) is 34.8 Å². The highest BCUT2D eigenvalue weighted by atomic mass is 19.4. The number of carbonyl (C=O) groups excluding carboxylic acids is 1. The van der Waals surface area contributed by atoms with Gasteiger partial charge in [-0.25, -0.2) is 9.78 Å². The number of fused-ring (bicyclic) bond motifs is 1. The number of ether oxygens (including phenoxy) is 2. The fourth-order valence-corrected chi connectivity index (χ4v) is 4.33. The molecule has 0 saturated heterocycles. The molecule has 1 unspecified atom stereocenters. The Morgan fingerprint density at radius 1 is 1.16 bits per heavy atom. The number of nitrogens with one attached hydrogen (secondary N) is 1. The molecule has 0 aliphatic carbocycles. The van der Waals surface area contributed by atoms with Gasteiger partial charge in [0.15, 0.2) is 0 Å². The lowest BCUT2D eigenvalue weighted by Gasteiger charge is -2.22. The number of rotatable bonds is 8. The van der Waals surface area contributed by atoms with Crippen molar-refractivity contribution in [2.45, 2.75) is 32.0 Å². The van der Waals surface area contributed by atoms with Crippen molar-refractivity contribution in [2.24, 2.45) is 0 Å². The number of nitrogens with zero attached hydrogens (tertiary/aromatic N) is 3. The lowest BCUT2D eigenvalue weighted by atomic mass is 10.0. The molecule has 0 radical (unpaired) electrons. The van der Waals surface area contributed by atoms with E-state index in [0.29, 0.717) is 23.6 Å². The van der Waals surface area contributed by atoms with Crippen LogP contribution in [0.3, 0.4) is 0 Å². The van der Waals surface area contributed by atoms with Gasteiger partial charge in [0.1, 0.15) is 11.9 Å². The second kappa shape index (κ2) is 11.3. The Labute approximate surface area is 220 Å². The number of hydrogen-bond acceptors (Lipinski definition) is 5. The van der Waals surface area contributed by atoms with E-state index < -0.39 is 17.8 Å². The van der Waals surface area contributed by atoms with Crippen LogP contribution in [0.25, 0.3) is 0 Å². The van der Waals surface area contributed by atoms with Gasteiger partial charge in [0, 0.05) is 31.3 Å². The third kappa shape index (κ3) is 6.36. The van der Waals surface area contributed by atoms with Crippen LogP contribution < -0.4 is 19.7 Å². The first-order valence-corrected chi connectivity index (χ1v) is 12.3. The number of aromatic nitrogens is 1. The fourth-order valence-electron chi connectivity index (χ4n) is 4.33. The molecule has 0 spiro atoms. The Bertz CT molecular complexity index is 1260. The van der Waals surface area contributed by atoms with E-state index in [-0.39, 0.29) is 24.1 Å². The van der Waals surface area contributed by atoms with E-state index in [2.05, 4.69) is 15.2 Å². The van der Waals surface area contributed by atoms with Crippen molar-refractivity contribution in [3.05, 3.63) is 77.0 Å². The molecule has 2 heterocycles. The molecule has 0 bridgehead atoms. The number of benzene rings is 2. The molecular weight excluding hydrogens is 497 g/mol. The Morgan fingerprint density at radius 3 is 2.50 bits per heavy atom. The average Bonchev–Trinajstić information content (AvgIpc) is 3.30. The topological polar surface area (TPSA) is 66.9 Å². The molecule has 7 nitrogen and oxygen atoms in total. The predicted molar refractivity (Wildman–Crippen MR) is 140 cm³/mol. The minimum atomic E-state index is -4.60. The zero-order valence-electron chi connectivity index (χ0n) is 21.8. The van der Waals surface area contributed by atoms with Crippen molar-refractivity contribution < 1.29 is 27.4 Å². The van der Waals surface area contributed by atoms with E-state index in [4.69, 9.17) is 9.47 Å². The van der Waals surface area contributed by atoms with Crippen molar-refractivity contribution in [1.29, 1.82) is 0 Å². The van der Waals surface area contributed by atoms with Crippen LogP contribution in [-0.2, 0) is 12.6 Å². The summed E-state index contributed by atoms with van der Waals surface area (Å²) in [7, 11) is 5.20. The Balaban J connectivity index is 1.46. The van der Waals surface area contributed by atoms with E-state index in [9.17, 15) is 18.0 Å². The zero-order valence-corrected chi connectivity index (χ0v) is 21.8. The minimum absolute atomic E-state index is 0.202. The number of hydrogen-bond donors (Lipinski definition) is 1. The van der Waals surface area contributed by atoms with Crippen molar-refractivity contribution in [3.63, 3.8) is 0 Å². The number of pyridine rings is 1. The van der Waals surface area contributed by atoms with Gasteiger partial charge in [-0.05, 0) is 56.8 Å². The fraction of sp³-hybridized carbons (Fsp3) is 0.357. The van der Waals surface area contributed by atoms with Gasteiger partial charge in [0.05, 0.1) is 24.6 Å². The number of carbonyl (C=O) groups is 1. The summed E-state index contributed by atoms with van der Waals surface area (Å²) in [5.74, 6) is 0.147. The first kappa shape index (κ1) is 27.3. The molecule has 3 aromatic rings. The van der Waals surface area contributed by atoms with Crippen LogP contribution in [0.5, 0.6) is 11.6 Å². The lowest BCUT2D eigenvalue weighted by Crippen LogP contribution is -2.33. The Hall–Kier alpha value is -3.79. The molecule has 202 valence electrons. The largest absolute Gasteiger partial charge is 0.496 e. The molecule has 2 aromatic carbocycles. The molecule has 0 fully saturated rings. The van der Waals surface area contributed by atoms with Gasteiger partial charge < -0.3 is 19.7 Å². The van der Waals surface area contributed by atoms with Crippen LogP contribution in [0.4, 0.5) is 29.3 Å². The quantitative estimate of drug-likeness (QED) is 0.384. The summed E-state index contributed by atoms with van der Waals surface area (Å²) in [5.41, 5.74) is 2.52. The Morgan fingerprint density at radius 2 is 1.89 bits per heavy atom. The molecule has 38 heavy (non-hydrogen) atoms. The molecule has 1 aromatic heterocycles. The number of amides is 2.